The van der Waals surface area contributed by atoms with Gasteiger partial charge in [0.25, 0.3) is 0 Å². The van der Waals surface area contributed by atoms with Crippen LogP contribution in [0.1, 0.15) is 33.1 Å². The lowest BCUT2D eigenvalue weighted by atomic mass is 9.93. The van der Waals surface area contributed by atoms with Gasteiger partial charge in [-0.2, -0.15) is 0 Å². The highest BCUT2D eigenvalue weighted by Crippen LogP contribution is 2.18. The van der Waals surface area contributed by atoms with E-state index >= 15 is 0 Å². The number of hydrogen-bond donors (Lipinski definition) is 1. The van der Waals surface area contributed by atoms with Gasteiger partial charge in [0.2, 0.25) is 0 Å². The van der Waals surface area contributed by atoms with Gasteiger partial charge in [-0.3, -0.25) is 0 Å². The van der Waals surface area contributed by atoms with Gasteiger partial charge in [-0.05, 0) is 30.8 Å². The SMILES string of the molecule is CCC(CC)C(=CCCOCC[NH3+])C(=O)[O-]. The van der Waals surface area contributed by atoms with E-state index in [0.717, 1.165) is 19.4 Å². The van der Waals surface area contributed by atoms with E-state index in [9.17, 15) is 9.90 Å². The molecule has 0 spiro atoms. The smallest absolute Gasteiger partial charge is 0.0977 e. The maximum atomic E-state index is 10.9. The Morgan fingerprint density at radius 2 is 2.00 bits per heavy atom. The van der Waals surface area contributed by atoms with Crippen LogP contribution in [0.25, 0.3) is 0 Å². The van der Waals surface area contributed by atoms with Gasteiger partial charge in [0.15, 0.2) is 0 Å². The Kier molecular flexibility index (Phi) is 8.85. The summed E-state index contributed by atoms with van der Waals surface area (Å²) in [6.45, 7) is 5.89. The minimum Gasteiger partial charge on any atom is -0.545 e. The maximum Gasteiger partial charge on any atom is 0.0977 e. The number of quaternary nitrogens is 1. The molecule has 0 radical (unpaired) electrons. The van der Waals surface area contributed by atoms with Gasteiger partial charge in [0, 0.05) is 0 Å². The first-order chi connectivity index (χ1) is 7.67. The molecule has 0 heterocycles. The predicted molar refractivity (Wildman–Crippen MR) is 60.4 cm³/mol. The molecule has 16 heavy (non-hydrogen) atoms. The van der Waals surface area contributed by atoms with Crippen molar-refractivity contribution in [2.45, 2.75) is 33.1 Å². The van der Waals surface area contributed by atoms with Crippen molar-refractivity contribution in [3.8, 4) is 0 Å². The molecule has 0 unspecified atom stereocenters. The molecule has 0 bridgehead atoms. The molecule has 0 atom stereocenters. The lowest BCUT2D eigenvalue weighted by Gasteiger charge is -2.18. The van der Waals surface area contributed by atoms with Crippen LogP contribution in [0, 0.1) is 5.92 Å². The minimum atomic E-state index is -1.05. The average Bonchev–Trinajstić information content (AvgIpc) is 2.27. The normalized spacial score (nSPS) is 12.1. The summed E-state index contributed by atoms with van der Waals surface area (Å²) in [5.41, 5.74) is 4.08. The summed E-state index contributed by atoms with van der Waals surface area (Å²) in [5, 5.41) is 10.9. The zero-order valence-corrected chi connectivity index (χ0v) is 10.3. The number of hydrogen-bond acceptors (Lipinski definition) is 3. The van der Waals surface area contributed by atoms with Crippen LogP contribution in [0.15, 0.2) is 11.6 Å². The Hall–Kier alpha value is -0.870. The molecule has 0 saturated carbocycles. The summed E-state index contributed by atoms with van der Waals surface area (Å²) >= 11 is 0. The number of rotatable bonds is 9. The zero-order chi connectivity index (χ0) is 12.4. The summed E-state index contributed by atoms with van der Waals surface area (Å²) in [6, 6.07) is 0. The Bertz CT molecular complexity index is 222. The third kappa shape index (κ3) is 5.88. The highest BCUT2D eigenvalue weighted by atomic mass is 16.5. The van der Waals surface area contributed by atoms with Crippen molar-refractivity contribution in [2.75, 3.05) is 19.8 Å². The van der Waals surface area contributed by atoms with Crippen LogP contribution < -0.4 is 10.8 Å². The van der Waals surface area contributed by atoms with Gasteiger partial charge in [-0.15, -0.1) is 0 Å². The van der Waals surface area contributed by atoms with E-state index in [0.29, 0.717) is 25.2 Å². The fourth-order valence-electron chi connectivity index (χ4n) is 1.65. The highest BCUT2D eigenvalue weighted by Gasteiger charge is 2.10. The minimum absolute atomic E-state index is 0.0952. The van der Waals surface area contributed by atoms with Gasteiger partial charge in [0.05, 0.1) is 25.7 Å². The fourth-order valence-corrected chi connectivity index (χ4v) is 1.65. The van der Waals surface area contributed by atoms with Crippen LogP contribution in [0.2, 0.25) is 0 Å². The summed E-state index contributed by atoms with van der Waals surface area (Å²) in [6.07, 6.45) is 4.02. The van der Waals surface area contributed by atoms with Crippen LogP contribution in [0.3, 0.4) is 0 Å². The third-order valence-corrected chi connectivity index (χ3v) is 2.58. The van der Waals surface area contributed by atoms with E-state index in [1.807, 2.05) is 13.8 Å². The summed E-state index contributed by atoms with van der Waals surface area (Å²) < 4.78 is 5.24. The Balaban J connectivity index is 4.19. The van der Waals surface area contributed by atoms with Gasteiger partial charge in [0.1, 0.15) is 0 Å². The second kappa shape index (κ2) is 9.36. The molecule has 4 heteroatoms. The molecule has 0 aliphatic carbocycles. The van der Waals surface area contributed by atoms with E-state index in [4.69, 9.17) is 4.74 Å². The maximum absolute atomic E-state index is 10.9. The van der Waals surface area contributed by atoms with Gasteiger partial charge in [-0.25, -0.2) is 0 Å². The van der Waals surface area contributed by atoms with Crippen LogP contribution >= 0.6 is 0 Å². The molecule has 0 aromatic carbocycles. The van der Waals surface area contributed by atoms with Crippen molar-refractivity contribution in [2.24, 2.45) is 5.92 Å². The van der Waals surface area contributed by atoms with E-state index in [-0.39, 0.29) is 5.92 Å². The number of carboxylic acid groups (broad SMARTS) is 1. The first-order valence-electron chi connectivity index (χ1n) is 5.95. The molecular weight excluding hydrogens is 206 g/mol. The van der Waals surface area contributed by atoms with E-state index < -0.39 is 5.97 Å². The third-order valence-electron chi connectivity index (χ3n) is 2.58. The summed E-state index contributed by atoms with van der Waals surface area (Å²) in [4.78, 5) is 10.9. The molecule has 0 aromatic rings. The lowest BCUT2D eigenvalue weighted by molar-refractivity contribution is -0.374. The van der Waals surface area contributed by atoms with E-state index in [2.05, 4.69) is 5.73 Å². The highest BCUT2D eigenvalue weighted by molar-refractivity contribution is 5.85. The topological polar surface area (TPSA) is 77.0 Å². The molecule has 4 nitrogen and oxygen atoms in total. The molecule has 0 aliphatic heterocycles. The molecule has 0 aromatic heterocycles. The standard InChI is InChI=1S/C12H23NO3/c1-3-10(4-2)11(12(14)15)6-5-8-16-9-7-13/h6,10H,3-5,7-9,13H2,1-2H3,(H,14,15). The van der Waals surface area contributed by atoms with Crippen molar-refractivity contribution in [3.63, 3.8) is 0 Å². The van der Waals surface area contributed by atoms with E-state index in [1.165, 1.54) is 0 Å². The molecule has 0 amide bonds. The molecule has 0 aliphatic rings. The van der Waals surface area contributed by atoms with Crippen LogP contribution in [-0.4, -0.2) is 25.7 Å². The number of ether oxygens (including phenoxy) is 1. The summed E-state index contributed by atoms with van der Waals surface area (Å²) in [5.74, 6) is -0.955. The quantitative estimate of drug-likeness (QED) is 0.437. The van der Waals surface area contributed by atoms with Crippen LogP contribution in [0.5, 0.6) is 0 Å². The second-order valence-corrected chi connectivity index (χ2v) is 3.71. The van der Waals surface area contributed by atoms with Gasteiger partial charge in [-0.1, -0.05) is 19.9 Å². The van der Waals surface area contributed by atoms with Crippen molar-refractivity contribution in [1.82, 2.24) is 0 Å². The predicted octanol–water partition coefficient (Wildman–Crippen LogP) is -0.252. The largest absolute Gasteiger partial charge is 0.545 e. The summed E-state index contributed by atoms with van der Waals surface area (Å²) in [7, 11) is 0. The van der Waals surface area contributed by atoms with Crippen LogP contribution in [-0.2, 0) is 9.53 Å². The van der Waals surface area contributed by atoms with Crippen molar-refractivity contribution >= 4 is 5.97 Å². The molecule has 0 fully saturated rings. The zero-order valence-electron chi connectivity index (χ0n) is 10.3. The number of carboxylic acids is 1. The molecule has 94 valence electrons. The Morgan fingerprint density at radius 3 is 2.44 bits per heavy atom. The molecular formula is C12H23NO3. The van der Waals surface area contributed by atoms with Crippen LogP contribution in [0.4, 0.5) is 0 Å². The number of carbonyl (C=O) groups excluding carboxylic acids is 1. The second-order valence-electron chi connectivity index (χ2n) is 3.71. The van der Waals surface area contributed by atoms with E-state index in [1.54, 1.807) is 6.08 Å². The van der Waals surface area contributed by atoms with Gasteiger partial charge >= 0.3 is 0 Å². The molecule has 0 saturated heterocycles. The number of aliphatic carboxylic acids is 1. The average molecular weight is 229 g/mol. The van der Waals surface area contributed by atoms with Gasteiger partial charge < -0.3 is 20.4 Å². The Labute approximate surface area is 97.5 Å². The Morgan fingerprint density at radius 1 is 1.38 bits per heavy atom. The molecule has 0 rings (SSSR count). The lowest BCUT2D eigenvalue weighted by Crippen LogP contribution is -2.52. The van der Waals surface area contributed by atoms with Crippen molar-refractivity contribution in [3.05, 3.63) is 11.6 Å². The monoisotopic (exact) mass is 229 g/mol. The first-order valence-corrected chi connectivity index (χ1v) is 5.95. The fraction of sp³-hybridized carbons (Fsp3) is 0.750. The van der Waals surface area contributed by atoms with Crippen molar-refractivity contribution in [1.29, 1.82) is 0 Å². The first kappa shape index (κ1) is 15.1. The molecule has 3 N–H and O–H groups in total. The number of carbonyl (C=O) groups is 1. The van der Waals surface area contributed by atoms with Crippen molar-refractivity contribution < 1.29 is 20.4 Å².